The number of nitrogens with zero attached hydrogens (tertiary/aromatic N) is 2. The predicted octanol–water partition coefficient (Wildman–Crippen LogP) is 3.60. The number of carbonyl (C=O) groups excluding carboxylic acids is 2. The standard InChI is InChI=1S/C23H23N3O4/c27-22(24-21-12-14-30-25-21)16-26(15-20-7-4-13-29-20)23(28)19-10-8-18(9-11-19)17-5-2-1-3-6-17/h1-3,5-6,8-12,14,20H,4,7,13,15-16H2,(H,24,25,27)/t20-/m1/s1. The monoisotopic (exact) mass is 405 g/mol. The lowest BCUT2D eigenvalue weighted by Gasteiger charge is -2.25. The van der Waals surface area contributed by atoms with Gasteiger partial charge in [0.2, 0.25) is 5.91 Å². The molecule has 1 atom stereocenters. The number of aromatic nitrogens is 1. The fourth-order valence-corrected chi connectivity index (χ4v) is 3.50. The van der Waals surface area contributed by atoms with Crippen molar-refractivity contribution < 1.29 is 18.8 Å². The summed E-state index contributed by atoms with van der Waals surface area (Å²) in [4.78, 5) is 27.1. The molecule has 154 valence electrons. The number of rotatable bonds is 7. The summed E-state index contributed by atoms with van der Waals surface area (Å²) in [5.74, 6) is -0.228. The third-order valence-corrected chi connectivity index (χ3v) is 5.01. The number of benzene rings is 2. The number of hydrogen-bond acceptors (Lipinski definition) is 5. The molecule has 0 spiro atoms. The minimum Gasteiger partial charge on any atom is -0.376 e. The van der Waals surface area contributed by atoms with E-state index >= 15 is 0 Å². The third kappa shape index (κ3) is 4.93. The Labute approximate surface area is 174 Å². The van der Waals surface area contributed by atoms with E-state index < -0.39 is 0 Å². The van der Waals surface area contributed by atoms with E-state index in [9.17, 15) is 9.59 Å². The topological polar surface area (TPSA) is 84.7 Å². The first-order valence-electron chi connectivity index (χ1n) is 9.95. The van der Waals surface area contributed by atoms with E-state index in [1.54, 1.807) is 18.2 Å². The van der Waals surface area contributed by atoms with Crippen molar-refractivity contribution in [1.29, 1.82) is 0 Å². The summed E-state index contributed by atoms with van der Waals surface area (Å²) < 4.78 is 10.4. The molecule has 7 heteroatoms. The molecule has 3 aromatic rings. The Hall–Kier alpha value is -3.45. The van der Waals surface area contributed by atoms with Gasteiger partial charge in [0.1, 0.15) is 12.8 Å². The molecule has 0 aliphatic carbocycles. The Morgan fingerprint density at radius 3 is 2.47 bits per heavy atom. The highest BCUT2D eigenvalue weighted by Gasteiger charge is 2.25. The first-order valence-corrected chi connectivity index (χ1v) is 9.95. The van der Waals surface area contributed by atoms with Crippen LogP contribution >= 0.6 is 0 Å². The second kappa shape index (κ2) is 9.37. The smallest absolute Gasteiger partial charge is 0.254 e. The molecular weight excluding hydrogens is 382 g/mol. The van der Waals surface area contributed by atoms with Crippen LogP contribution in [0.2, 0.25) is 0 Å². The van der Waals surface area contributed by atoms with Crippen molar-refractivity contribution in [3.8, 4) is 11.1 Å². The number of carbonyl (C=O) groups is 2. The second-order valence-corrected chi connectivity index (χ2v) is 7.20. The molecule has 0 unspecified atom stereocenters. The Balaban J connectivity index is 1.48. The largest absolute Gasteiger partial charge is 0.376 e. The second-order valence-electron chi connectivity index (χ2n) is 7.20. The Morgan fingerprint density at radius 1 is 1.03 bits per heavy atom. The van der Waals surface area contributed by atoms with Gasteiger partial charge >= 0.3 is 0 Å². The zero-order valence-electron chi connectivity index (χ0n) is 16.5. The molecule has 2 aromatic carbocycles. The van der Waals surface area contributed by atoms with E-state index in [2.05, 4.69) is 10.5 Å². The van der Waals surface area contributed by atoms with Crippen LogP contribution in [0.3, 0.4) is 0 Å². The number of anilines is 1. The van der Waals surface area contributed by atoms with Gasteiger partial charge in [-0.2, -0.15) is 0 Å². The van der Waals surface area contributed by atoms with E-state index in [0.29, 0.717) is 24.5 Å². The van der Waals surface area contributed by atoms with E-state index in [4.69, 9.17) is 9.26 Å². The Bertz CT molecular complexity index is 965. The molecule has 1 fully saturated rings. The summed E-state index contributed by atoms with van der Waals surface area (Å²) in [6.07, 6.45) is 3.15. The Kier molecular flexibility index (Phi) is 6.20. The number of ether oxygens (including phenoxy) is 1. The van der Waals surface area contributed by atoms with Gasteiger partial charge in [-0.1, -0.05) is 47.6 Å². The van der Waals surface area contributed by atoms with Gasteiger partial charge in [-0.3, -0.25) is 9.59 Å². The third-order valence-electron chi connectivity index (χ3n) is 5.01. The van der Waals surface area contributed by atoms with Crippen LogP contribution in [0.5, 0.6) is 0 Å². The summed E-state index contributed by atoms with van der Waals surface area (Å²) in [7, 11) is 0. The summed E-state index contributed by atoms with van der Waals surface area (Å²) in [5.41, 5.74) is 2.64. The molecule has 1 aliphatic heterocycles. The fraction of sp³-hybridized carbons (Fsp3) is 0.261. The maximum absolute atomic E-state index is 13.2. The van der Waals surface area contributed by atoms with Crippen molar-refractivity contribution in [2.45, 2.75) is 18.9 Å². The highest BCUT2D eigenvalue weighted by molar-refractivity contribution is 5.99. The average Bonchev–Trinajstić information content (AvgIpc) is 3.48. The van der Waals surface area contributed by atoms with Gasteiger partial charge in [-0.05, 0) is 36.1 Å². The lowest BCUT2D eigenvalue weighted by atomic mass is 10.0. The van der Waals surface area contributed by atoms with Crippen molar-refractivity contribution in [3.63, 3.8) is 0 Å². The van der Waals surface area contributed by atoms with Gasteiger partial charge in [0.05, 0.1) is 6.10 Å². The first kappa shape index (κ1) is 19.8. The molecular formula is C23H23N3O4. The number of amides is 2. The van der Waals surface area contributed by atoms with E-state index in [-0.39, 0.29) is 24.5 Å². The van der Waals surface area contributed by atoms with Gasteiger partial charge < -0.3 is 19.5 Å². The molecule has 0 bridgehead atoms. The average molecular weight is 405 g/mol. The van der Waals surface area contributed by atoms with Crippen molar-refractivity contribution in [1.82, 2.24) is 10.1 Å². The van der Waals surface area contributed by atoms with Gasteiger partial charge in [0.25, 0.3) is 5.91 Å². The highest BCUT2D eigenvalue weighted by atomic mass is 16.5. The van der Waals surface area contributed by atoms with Gasteiger partial charge in [0.15, 0.2) is 5.82 Å². The molecule has 30 heavy (non-hydrogen) atoms. The van der Waals surface area contributed by atoms with Gasteiger partial charge in [-0.25, -0.2) is 0 Å². The highest BCUT2D eigenvalue weighted by Crippen LogP contribution is 2.21. The van der Waals surface area contributed by atoms with Gasteiger partial charge in [0, 0.05) is 24.8 Å². The van der Waals surface area contributed by atoms with Crippen molar-refractivity contribution >= 4 is 17.6 Å². The maximum atomic E-state index is 13.2. The van der Waals surface area contributed by atoms with Crippen LogP contribution in [-0.4, -0.2) is 47.7 Å². The predicted molar refractivity (Wildman–Crippen MR) is 112 cm³/mol. The van der Waals surface area contributed by atoms with Crippen molar-refractivity contribution in [2.75, 3.05) is 25.0 Å². The zero-order chi connectivity index (χ0) is 20.8. The van der Waals surface area contributed by atoms with Crippen molar-refractivity contribution in [2.24, 2.45) is 0 Å². The van der Waals surface area contributed by atoms with Gasteiger partial charge in [-0.15, -0.1) is 0 Å². The molecule has 1 aliphatic rings. The SMILES string of the molecule is O=C(CN(C[C@H]1CCCO1)C(=O)c1ccc(-c2ccccc2)cc1)Nc1ccon1. The van der Waals surface area contributed by atoms with E-state index in [0.717, 1.165) is 24.0 Å². The first-order chi connectivity index (χ1) is 14.7. The molecule has 2 heterocycles. The van der Waals surface area contributed by atoms with E-state index in [1.165, 1.54) is 11.2 Å². The number of hydrogen-bond donors (Lipinski definition) is 1. The molecule has 2 amide bonds. The molecule has 7 nitrogen and oxygen atoms in total. The molecule has 4 rings (SSSR count). The van der Waals surface area contributed by atoms with Crippen LogP contribution in [0.25, 0.3) is 11.1 Å². The lowest BCUT2D eigenvalue weighted by Crippen LogP contribution is -2.42. The fourth-order valence-electron chi connectivity index (χ4n) is 3.50. The molecule has 1 saturated heterocycles. The minimum absolute atomic E-state index is 0.0580. The normalized spacial score (nSPS) is 15.7. The molecule has 1 N–H and O–H groups in total. The maximum Gasteiger partial charge on any atom is 0.254 e. The van der Waals surface area contributed by atoms with Crippen LogP contribution in [0, 0.1) is 0 Å². The summed E-state index contributed by atoms with van der Waals surface area (Å²) in [5, 5.41) is 6.31. The molecule has 0 saturated carbocycles. The van der Waals surface area contributed by atoms with E-state index in [1.807, 2.05) is 42.5 Å². The minimum atomic E-state index is -0.337. The van der Waals surface area contributed by atoms with Crippen molar-refractivity contribution in [3.05, 3.63) is 72.5 Å². The zero-order valence-corrected chi connectivity index (χ0v) is 16.5. The summed E-state index contributed by atoms with van der Waals surface area (Å²) >= 11 is 0. The van der Waals surface area contributed by atoms with Crippen LogP contribution in [0.4, 0.5) is 5.82 Å². The van der Waals surface area contributed by atoms with Crippen LogP contribution in [0.15, 0.2) is 71.4 Å². The lowest BCUT2D eigenvalue weighted by molar-refractivity contribution is -0.117. The summed E-state index contributed by atoms with van der Waals surface area (Å²) in [6.45, 7) is 0.959. The van der Waals surface area contributed by atoms with Crippen LogP contribution in [-0.2, 0) is 9.53 Å². The van der Waals surface area contributed by atoms with Crippen LogP contribution in [0.1, 0.15) is 23.2 Å². The molecule has 1 aromatic heterocycles. The molecule has 0 radical (unpaired) electrons. The summed E-state index contributed by atoms with van der Waals surface area (Å²) in [6, 6.07) is 18.9. The number of nitrogens with one attached hydrogen (secondary N) is 1. The quantitative estimate of drug-likeness (QED) is 0.649. The van der Waals surface area contributed by atoms with Crippen LogP contribution < -0.4 is 5.32 Å². The Morgan fingerprint density at radius 2 is 1.80 bits per heavy atom.